The first-order valence-corrected chi connectivity index (χ1v) is 5.58. The van der Waals surface area contributed by atoms with Crippen molar-refractivity contribution in [3.8, 4) is 5.75 Å². The van der Waals surface area contributed by atoms with Crippen molar-refractivity contribution in [3.05, 3.63) is 22.7 Å². The number of fused-ring (bicyclic) bond motifs is 1. The minimum Gasteiger partial charge on any atom is -0.482 e. The van der Waals surface area contributed by atoms with Gasteiger partial charge in [0.1, 0.15) is 5.75 Å². The molecule has 0 bridgehead atoms. The molecule has 0 aromatic heterocycles. The van der Waals surface area contributed by atoms with Crippen LogP contribution in [0.1, 0.15) is 10.4 Å². The number of carbonyl (C=O) groups is 2. The summed E-state index contributed by atoms with van der Waals surface area (Å²) < 4.78 is 55.3. The molecule has 4 nitrogen and oxygen atoms in total. The fraction of sp³-hybridized carbons (Fsp3) is 0.273. The number of amides is 1. The van der Waals surface area contributed by atoms with E-state index in [1.54, 1.807) is 0 Å². The van der Waals surface area contributed by atoms with Crippen LogP contribution in [0.4, 0.5) is 23.2 Å². The van der Waals surface area contributed by atoms with E-state index < -0.39 is 34.6 Å². The number of carbonyl (C=O) groups excluding carboxylic acids is 2. The normalized spacial score (nSPS) is 14.6. The Balaban J connectivity index is 2.44. The van der Waals surface area contributed by atoms with Crippen LogP contribution < -0.4 is 10.1 Å². The molecule has 1 aliphatic rings. The summed E-state index contributed by atoms with van der Waals surface area (Å²) in [6, 6.07) is 1.79. The summed E-state index contributed by atoms with van der Waals surface area (Å²) in [6.45, 7) is -0.381. The molecule has 0 saturated heterocycles. The van der Waals surface area contributed by atoms with Gasteiger partial charge in [0.15, 0.2) is 6.61 Å². The van der Waals surface area contributed by atoms with Crippen molar-refractivity contribution in [2.75, 3.05) is 11.9 Å². The van der Waals surface area contributed by atoms with Gasteiger partial charge in [-0.1, -0.05) is 11.6 Å². The summed E-state index contributed by atoms with van der Waals surface area (Å²) in [5.74, 6) is -7.55. The molecular formula is C11H6ClF4NO3. The number of Topliss-reactive ketones (excluding diaryl/α,β-unsaturated/α-hetero) is 1. The first kappa shape index (κ1) is 14.6. The Labute approximate surface area is 114 Å². The third kappa shape index (κ3) is 2.43. The lowest BCUT2D eigenvalue weighted by Crippen LogP contribution is -2.37. The highest BCUT2D eigenvalue weighted by Crippen LogP contribution is 2.37. The second-order valence-corrected chi connectivity index (χ2v) is 4.33. The number of ketones is 1. The molecule has 20 heavy (non-hydrogen) atoms. The molecule has 0 saturated carbocycles. The third-order valence-electron chi connectivity index (χ3n) is 2.52. The Morgan fingerprint density at radius 1 is 1.40 bits per heavy atom. The average Bonchev–Trinajstić information content (AvgIpc) is 2.36. The van der Waals surface area contributed by atoms with Gasteiger partial charge in [-0.15, -0.1) is 0 Å². The van der Waals surface area contributed by atoms with E-state index in [9.17, 15) is 27.2 Å². The molecule has 9 heteroatoms. The quantitative estimate of drug-likeness (QED) is 0.690. The molecule has 0 atom stereocenters. The Kier molecular flexibility index (Phi) is 3.59. The zero-order valence-electron chi connectivity index (χ0n) is 9.55. The fourth-order valence-corrected chi connectivity index (χ4v) is 1.80. The second kappa shape index (κ2) is 4.93. The summed E-state index contributed by atoms with van der Waals surface area (Å²) in [4.78, 5) is 22.5. The topological polar surface area (TPSA) is 55.4 Å². The predicted octanol–water partition coefficient (Wildman–Crippen LogP) is 2.75. The largest absolute Gasteiger partial charge is 0.482 e. The van der Waals surface area contributed by atoms with Gasteiger partial charge in [0.25, 0.3) is 5.91 Å². The lowest BCUT2D eigenvalue weighted by molar-refractivity contribution is -0.118. The van der Waals surface area contributed by atoms with Gasteiger partial charge >= 0.3 is 12.3 Å². The van der Waals surface area contributed by atoms with Crippen LogP contribution in [0.5, 0.6) is 5.75 Å². The summed E-state index contributed by atoms with van der Waals surface area (Å²) in [5.41, 5.74) is -0.727. The van der Waals surface area contributed by atoms with Crippen molar-refractivity contribution in [2.24, 2.45) is 0 Å². The first-order chi connectivity index (χ1) is 9.23. The molecule has 108 valence electrons. The van der Waals surface area contributed by atoms with Crippen molar-refractivity contribution in [1.29, 1.82) is 0 Å². The number of benzene rings is 1. The highest BCUT2D eigenvalue weighted by Gasteiger charge is 2.49. The minimum atomic E-state index is -4.85. The van der Waals surface area contributed by atoms with Gasteiger partial charge < -0.3 is 10.1 Å². The second-order valence-electron chi connectivity index (χ2n) is 3.92. The highest BCUT2D eigenvalue weighted by atomic mass is 35.5. The van der Waals surface area contributed by atoms with Gasteiger partial charge in [0.05, 0.1) is 10.7 Å². The first-order valence-electron chi connectivity index (χ1n) is 5.20. The number of rotatable bonds is 3. The molecule has 2 rings (SSSR count). The summed E-state index contributed by atoms with van der Waals surface area (Å²) in [5, 5.41) is 1.85. The van der Waals surface area contributed by atoms with E-state index in [1.807, 2.05) is 0 Å². The number of hydrogen-bond donors (Lipinski definition) is 1. The van der Waals surface area contributed by atoms with Crippen LogP contribution in [0.15, 0.2) is 12.1 Å². The summed E-state index contributed by atoms with van der Waals surface area (Å²) in [6.07, 6.45) is -4.15. The molecule has 1 aromatic carbocycles. The van der Waals surface area contributed by atoms with E-state index >= 15 is 0 Å². The van der Waals surface area contributed by atoms with Crippen LogP contribution in [0.25, 0.3) is 0 Å². The van der Waals surface area contributed by atoms with Gasteiger partial charge in [-0.2, -0.15) is 8.78 Å². The van der Waals surface area contributed by atoms with Gasteiger partial charge in [-0.3, -0.25) is 9.59 Å². The number of ether oxygens (including phenoxy) is 1. The van der Waals surface area contributed by atoms with Crippen molar-refractivity contribution in [3.63, 3.8) is 0 Å². The number of alkyl halides is 4. The molecule has 1 heterocycles. The molecule has 0 spiro atoms. The zero-order valence-corrected chi connectivity index (χ0v) is 10.3. The Bertz CT molecular complexity index is 591. The lowest BCUT2D eigenvalue weighted by atomic mass is 10.0. The van der Waals surface area contributed by atoms with Crippen molar-refractivity contribution >= 4 is 29.0 Å². The Morgan fingerprint density at radius 2 is 2.05 bits per heavy atom. The van der Waals surface area contributed by atoms with E-state index in [0.29, 0.717) is 0 Å². The number of halogens is 5. The summed E-state index contributed by atoms with van der Waals surface area (Å²) >= 11 is 5.61. The standard InChI is InChI=1S/C11H6ClF4NO3/c12-5-2-6-7(20-3-8(18)17-6)1-4(5)9(19)11(15,16)10(13)14/h1-2,10H,3H2,(H,17,18). The maximum atomic E-state index is 13.0. The average molecular weight is 312 g/mol. The van der Waals surface area contributed by atoms with Crippen LogP contribution in [0.3, 0.4) is 0 Å². The third-order valence-corrected chi connectivity index (χ3v) is 2.84. The van der Waals surface area contributed by atoms with E-state index in [0.717, 1.165) is 12.1 Å². The minimum absolute atomic E-state index is 0.0724. The highest BCUT2D eigenvalue weighted by molar-refractivity contribution is 6.34. The van der Waals surface area contributed by atoms with Crippen LogP contribution in [-0.4, -0.2) is 30.6 Å². The molecule has 0 fully saturated rings. The Hall–Kier alpha value is -1.83. The molecule has 0 radical (unpaired) electrons. The fourth-order valence-electron chi connectivity index (χ4n) is 1.55. The lowest BCUT2D eigenvalue weighted by Gasteiger charge is -2.20. The van der Waals surface area contributed by atoms with Crippen LogP contribution in [-0.2, 0) is 4.79 Å². The van der Waals surface area contributed by atoms with E-state index in [2.05, 4.69) is 5.32 Å². The SMILES string of the molecule is O=C1COc2cc(C(=O)C(F)(F)C(F)F)c(Cl)cc2N1. The molecule has 0 aliphatic carbocycles. The van der Waals surface area contributed by atoms with Crippen LogP contribution in [0.2, 0.25) is 5.02 Å². The summed E-state index contributed by atoms with van der Waals surface area (Å²) in [7, 11) is 0. The van der Waals surface area contributed by atoms with E-state index in [1.165, 1.54) is 0 Å². The molecule has 1 amide bonds. The molecule has 1 aliphatic heterocycles. The van der Waals surface area contributed by atoms with Gasteiger partial charge in [0, 0.05) is 5.56 Å². The zero-order chi connectivity index (χ0) is 15.1. The molecule has 1 aromatic rings. The monoisotopic (exact) mass is 311 g/mol. The maximum absolute atomic E-state index is 13.0. The Morgan fingerprint density at radius 3 is 2.65 bits per heavy atom. The van der Waals surface area contributed by atoms with Crippen molar-refractivity contribution in [1.82, 2.24) is 0 Å². The number of nitrogens with one attached hydrogen (secondary N) is 1. The smallest absolute Gasteiger partial charge is 0.368 e. The number of hydrogen-bond acceptors (Lipinski definition) is 3. The van der Waals surface area contributed by atoms with Crippen LogP contribution in [0, 0.1) is 0 Å². The molecule has 0 unspecified atom stereocenters. The van der Waals surface area contributed by atoms with Gasteiger partial charge in [-0.25, -0.2) is 8.78 Å². The van der Waals surface area contributed by atoms with Gasteiger partial charge in [-0.05, 0) is 12.1 Å². The number of anilines is 1. The van der Waals surface area contributed by atoms with Crippen molar-refractivity contribution < 1.29 is 31.9 Å². The molecular weight excluding hydrogens is 306 g/mol. The van der Waals surface area contributed by atoms with E-state index in [4.69, 9.17) is 16.3 Å². The van der Waals surface area contributed by atoms with Crippen molar-refractivity contribution in [2.45, 2.75) is 12.3 Å². The van der Waals surface area contributed by atoms with Gasteiger partial charge in [0.2, 0.25) is 5.78 Å². The predicted molar refractivity (Wildman–Crippen MR) is 60.9 cm³/mol. The van der Waals surface area contributed by atoms with Crippen LogP contribution >= 0.6 is 11.6 Å². The van der Waals surface area contributed by atoms with E-state index in [-0.39, 0.29) is 18.0 Å². The molecule has 1 N–H and O–H groups in total. The maximum Gasteiger partial charge on any atom is 0.368 e.